The van der Waals surface area contributed by atoms with Crippen LogP contribution in [0.5, 0.6) is 0 Å². The number of halogens is 1. The quantitative estimate of drug-likeness (QED) is 0.797. The van der Waals surface area contributed by atoms with E-state index in [4.69, 9.17) is 16.7 Å². The summed E-state index contributed by atoms with van der Waals surface area (Å²) in [6.07, 6.45) is 2.36. The molecule has 1 fully saturated rings. The zero-order valence-electron chi connectivity index (χ0n) is 11.0. The number of carboxylic acid groups (broad SMARTS) is 1. The number of rotatable bonds is 4. The molecule has 1 amide bonds. The molecule has 0 unspecified atom stereocenters. The Balaban J connectivity index is 2.01. The molecule has 0 bridgehead atoms. The predicted octanol–water partition coefficient (Wildman–Crippen LogP) is 2.37. The molecule has 0 saturated carbocycles. The third-order valence-electron chi connectivity index (χ3n) is 3.42. The van der Waals surface area contributed by atoms with E-state index in [1.54, 1.807) is 6.07 Å². The number of anilines is 1. The van der Waals surface area contributed by atoms with Crippen molar-refractivity contribution in [3.8, 4) is 0 Å². The summed E-state index contributed by atoms with van der Waals surface area (Å²) in [6, 6.07) is 4.42. The maximum atomic E-state index is 12.0. The highest BCUT2D eigenvalue weighted by atomic mass is 35.5. The fourth-order valence-electron chi connectivity index (χ4n) is 2.35. The van der Waals surface area contributed by atoms with Crippen LogP contribution in [-0.2, 0) is 4.79 Å². The van der Waals surface area contributed by atoms with Crippen molar-refractivity contribution in [1.82, 2.24) is 5.32 Å². The van der Waals surface area contributed by atoms with Gasteiger partial charge in [0.1, 0.15) is 0 Å². The molecular formula is C14H17ClN2O3. The van der Waals surface area contributed by atoms with Gasteiger partial charge >= 0.3 is 5.97 Å². The molecule has 1 heterocycles. The van der Waals surface area contributed by atoms with E-state index in [1.807, 2.05) is 0 Å². The van der Waals surface area contributed by atoms with Gasteiger partial charge in [0.05, 0.1) is 11.3 Å². The number of aromatic carboxylic acids is 1. The first kappa shape index (κ1) is 14.8. The molecule has 5 nitrogen and oxygen atoms in total. The monoisotopic (exact) mass is 296 g/mol. The third kappa shape index (κ3) is 3.95. The first-order valence-electron chi connectivity index (χ1n) is 6.59. The molecule has 1 aromatic rings. The summed E-state index contributed by atoms with van der Waals surface area (Å²) in [5.74, 6) is -0.900. The average Bonchev–Trinajstić information content (AvgIpc) is 2.41. The molecule has 0 atom stereocenters. The van der Waals surface area contributed by atoms with E-state index >= 15 is 0 Å². The molecule has 0 aliphatic carbocycles. The zero-order valence-corrected chi connectivity index (χ0v) is 11.7. The summed E-state index contributed by atoms with van der Waals surface area (Å²) in [6.45, 7) is 1.86. The van der Waals surface area contributed by atoms with E-state index < -0.39 is 5.97 Å². The molecule has 6 heteroatoms. The number of amides is 1. The lowest BCUT2D eigenvalue weighted by Crippen LogP contribution is -2.30. The predicted molar refractivity (Wildman–Crippen MR) is 77.3 cm³/mol. The Morgan fingerprint density at radius 2 is 2.05 bits per heavy atom. The van der Waals surface area contributed by atoms with E-state index in [-0.39, 0.29) is 11.5 Å². The number of nitrogens with one attached hydrogen (secondary N) is 2. The van der Waals surface area contributed by atoms with Crippen molar-refractivity contribution < 1.29 is 14.7 Å². The SMILES string of the molecule is O=C(CC1CCNCC1)Nc1ccc(Cl)cc1C(=O)O. The van der Waals surface area contributed by atoms with Gasteiger partial charge in [-0.15, -0.1) is 0 Å². The molecule has 3 N–H and O–H groups in total. The number of carboxylic acids is 1. The molecule has 0 aromatic heterocycles. The van der Waals surface area contributed by atoms with Gasteiger partial charge in [-0.1, -0.05) is 11.6 Å². The van der Waals surface area contributed by atoms with Crippen molar-refractivity contribution in [3.05, 3.63) is 28.8 Å². The molecule has 20 heavy (non-hydrogen) atoms. The van der Waals surface area contributed by atoms with Gasteiger partial charge in [-0.2, -0.15) is 0 Å². The number of benzene rings is 1. The van der Waals surface area contributed by atoms with Gasteiger partial charge in [-0.25, -0.2) is 4.79 Å². The maximum Gasteiger partial charge on any atom is 0.337 e. The van der Waals surface area contributed by atoms with Crippen LogP contribution in [0.4, 0.5) is 5.69 Å². The van der Waals surface area contributed by atoms with Crippen molar-refractivity contribution in [2.24, 2.45) is 5.92 Å². The van der Waals surface area contributed by atoms with Gasteiger partial charge in [-0.05, 0) is 50.0 Å². The summed E-state index contributed by atoms with van der Waals surface area (Å²) in [5.41, 5.74) is 0.303. The number of hydrogen-bond acceptors (Lipinski definition) is 3. The van der Waals surface area contributed by atoms with E-state index in [9.17, 15) is 9.59 Å². The summed E-state index contributed by atoms with van der Waals surface area (Å²) in [5, 5.41) is 15.3. The van der Waals surface area contributed by atoms with Gasteiger partial charge in [0.2, 0.25) is 5.91 Å². The van der Waals surface area contributed by atoms with Crippen molar-refractivity contribution in [2.75, 3.05) is 18.4 Å². The highest BCUT2D eigenvalue weighted by Crippen LogP contribution is 2.22. The minimum atomic E-state index is -1.11. The second-order valence-electron chi connectivity index (χ2n) is 4.94. The topological polar surface area (TPSA) is 78.4 Å². The van der Waals surface area contributed by atoms with Crippen LogP contribution in [0.1, 0.15) is 29.6 Å². The highest BCUT2D eigenvalue weighted by molar-refractivity contribution is 6.31. The van der Waals surface area contributed by atoms with Crippen LogP contribution >= 0.6 is 11.6 Å². The Morgan fingerprint density at radius 1 is 1.35 bits per heavy atom. The summed E-state index contributed by atoms with van der Waals surface area (Å²) < 4.78 is 0. The fourth-order valence-corrected chi connectivity index (χ4v) is 2.52. The molecule has 1 aliphatic heterocycles. The number of carbonyl (C=O) groups is 2. The summed E-state index contributed by atoms with van der Waals surface area (Å²) in [7, 11) is 0. The Labute approximate surface area is 122 Å². The molecule has 1 aliphatic rings. The lowest BCUT2D eigenvalue weighted by atomic mass is 9.94. The lowest BCUT2D eigenvalue weighted by molar-refractivity contribution is -0.117. The summed E-state index contributed by atoms with van der Waals surface area (Å²) in [4.78, 5) is 23.1. The molecule has 0 radical (unpaired) electrons. The number of piperidine rings is 1. The minimum absolute atomic E-state index is 0.0103. The van der Waals surface area contributed by atoms with E-state index in [0.717, 1.165) is 25.9 Å². The van der Waals surface area contributed by atoms with Crippen molar-refractivity contribution >= 4 is 29.2 Å². The molecular weight excluding hydrogens is 280 g/mol. The number of hydrogen-bond donors (Lipinski definition) is 3. The van der Waals surface area contributed by atoms with Gasteiger partial charge in [0.25, 0.3) is 0 Å². The van der Waals surface area contributed by atoms with Crippen molar-refractivity contribution in [1.29, 1.82) is 0 Å². The smallest absolute Gasteiger partial charge is 0.337 e. The first-order chi connectivity index (χ1) is 9.56. The number of carbonyl (C=O) groups excluding carboxylic acids is 1. The Morgan fingerprint density at radius 3 is 2.70 bits per heavy atom. The van der Waals surface area contributed by atoms with Crippen LogP contribution in [0, 0.1) is 5.92 Å². The maximum absolute atomic E-state index is 12.0. The standard InChI is InChI=1S/C14H17ClN2O3/c15-10-1-2-12(11(8-10)14(19)20)17-13(18)7-9-3-5-16-6-4-9/h1-2,8-9,16H,3-7H2,(H,17,18)(H,19,20). The van der Waals surface area contributed by atoms with Crippen molar-refractivity contribution in [3.63, 3.8) is 0 Å². The summed E-state index contributed by atoms with van der Waals surface area (Å²) >= 11 is 5.77. The van der Waals surface area contributed by atoms with Gasteiger partial charge in [0, 0.05) is 11.4 Å². The zero-order chi connectivity index (χ0) is 14.5. The van der Waals surface area contributed by atoms with Crippen LogP contribution in [0.25, 0.3) is 0 Å². The van der Waals surface area contributed by atoms with Crippen LogP contribution in [0.3, 0.4) is 0 Å². The first-order valence-corrected chi connectivity index (χ1v) is 6.97. The van der Waals surface area contributed by atoms with E-state index in [2.05, 4.69) is 10.6 Å². The van der Waals surface area contributed by atoms with Crippen LogP contribution < -0.4 is 10.6 Å². The largest absolute Gasteiger partial charge is 0.478 e. The molecule has 1 saturated heterocycles. The Bertz CT molecular complexity index is 513. The second kappa shape index (κ2) is 6.72. The molecule has 2 rings (SSSR count). The van der Waals surface area contributed by atoms with E-state index in [0.29, 0.717) is 23.0 Å². The van der Waals surface area contributed by atoms with Crippen LogP contribution in [-0.4, -0.2) is 30.1 Å². The molecule has 1 aromatic carbocycles. The van der Waals surface area contributed by atoms with Crippen molar-refractivity contribution in [2.45, 2.75) is 19.3 Å². The van der Waals surface area contributed by atoms with Gasteiger partial charge in [0.15, 0.2) is 0 Å². The second-order valence-corrected chi connectivity index (χ2v) is 5.38. The van der Waals surface area contributed by atoms with Gasteiger partial charge in [-0.3, -0.25) is 4.79 Å². The lowest BCUT2D eigenvalue weighted by Gasteiger charge is -2.22. The third-order valence-corrected chi connectivity index (χ3v) is 3.65. The molecule has 108 valence electrons. The fraction of sp³-hybridized carbons (Fsp3) is 0.429. The highest BCUT2D eigenvalue weighted by Gasteiger charge is 2.18. The Hall–Kier alpha value is -1.59. The van der Waals surface area contributed by atoms with Crippen LogP contribution in [0.2, 0.25) is 5.02 Å². The average molecular weight is 297 g/mol. The van der Waals surface area contributed by atoms with E-state index in [1.165, 1.54) is 12.1 Å². The normalized spacial score (nSPS) is 15.8. The minimum Gasteiger partial charge on any atom is -0.478 e. The molecule has 0 spiro atoms. The van der Waals surface area contributed by atoms with Crippen LogP contribution in [0.15, 0.2) is 18.2 Å². The Kier molecular flexibility index (Phi) is 4.98. The van der Waals surface area contributed by atoms with Gasteiger partial charge < -0.3 is 15.7 Å².